The zero-order chi connectivity index (χ0) is 13.0. The van der Waals surface area contributed by atoms with Gasteiger partial charge < -0.3 is 21.9 Å². The zero-order valence-electron chi connectivity index (χ0n) is 10.5. The molecule has 1 aromatic rings. The molecule has 0 aromatic carbocycles. The molecule has 1 aliphatic carbocycles. The number of aliphatic hydroxyl groups excluding tert-OH is 1. The molecule has 6 nitrogen and oxygen atoms in total. The maximum absolute atomic E-state index is 8.70. The first kappa shape index (κ1) is 13.0. The molecule has 1 aliphatic rings. The summed E-state index contributed by atoms with van der Waals surface area (Å²) in [5.41, 5.74) is 12.5. The third-order valence-electron chi connectivity index (χ3n) is 3.25. The number of nitrogen functional groups attached to an aromatic ring is 1. The van der Waals surface area contributed by atoms with Crippen molar-refractivity contribution in [3.8, 4) is 0 Å². The Labute approximate surface area is 107 Å². The van der Waals surface area contributed by atoms with Gasteiger partial charge in [0.05, 0.1) is 5.69 Å². The van der Waals surface area contributed by atoms with Crippen LogP contribution in [0.3, 0.4) is 0 Å². The van der Waals surface area contributed by atoms with Crippen LogP contribution in [0.2, 0.25) is 0 Å². The smallest absolute Gasteiger partial charge is 0.222 e. The van der Waals surface area contributed by atoms with Crippen molar-refractivity contribution < 1.29 is 5.11 Å². The molecule has 1 heterocycles. The van der Waals surface area contributed by atoms with Gasteiger partial charge in [-0.15, -0.1) is 0 Å². The molecule has 0 radical (unpaired) electrons. The monoisotopic (exact) mass is 251 g/mol. The predicted molar refractivity (Wildman–Crippen MR) is 71.2 cm³/mol. The number of hydrogen-bond acceptors (Lipinski definition) is 6. The van der Waals surface area contributed by atoms with Crippen LogP contribution in [0.5, 0.6) is 0 Å². The summed E-state index contributed by atoms with van der Waals surface area (Å²) in [5.74, 6) is 1.48. The lowest BCUT2D eigenvalue weighted by Gasteiger charge is -2.32. The van der Waals surface area contributed by atoms with Crippen molar-refractivity contribution in [1.82, 2.24) is 9.97 Å². The summed E-state index contributed by atoms with van der Waals surface area (Å²) in [7, 11) is 0. The van der Waals surface area contributed by atoms with E-state index < -0.39 is 0 Å². The van der Waals surface area contributed by atoms with Crippen LogP contribution in [-0.4, -0.2) is 34.3 Å². The predicted octanol–water partition coefficient (Wildman–Crippen LogP) is 0.448. The maximum atomic E-state index is 8.70. The quantitative estimate of drug-likeness (QED) is 0.546. The lowest BCUT2D eigenvalue weighted by molar-refractivity contribution is 0.286. The Morgan fingerprint density at radius 3 is 2.78 bits per heavy atom. The minimum absolute atomic E-state index is 0.221. The van der Waals surface area contributed by atoms with Gasteiger partial charge in [0.2, 0.25) is 5.95 Å². The molecule has 6 N–H and O–H groups in total. The van der Waals surface area contributed by atoms with E-state index in [0.717, 1.165) is 43.7 Å². The summed E-state index contributed by atoms with van der Waals surface area (Å²) < 4.78 is 0. The molecule has 0 bridgehead atoms. The summed E-state index contributed by atoms with van der Waals surface area (Å²) in [5, 5.41) is 11.9. The number of nitrogens with zero attached hydrogens (tertiary/aromatic N) is 2. The Kier molecular flexibility index (Phi) is 4.33. The van der Waals surface area contributed by atoms with Crippen LogP contribution < -0.4 is 16.8 Å². The Balaban J connectivity index is 1.93. The van der Waals surface area contributed by atoms with Crippen molar-refractivity contribution >= 4 is 11.8 Å². The second-order valence-corrected chi connectivity index (χ2v) is 4.82. The Morgan fingerprint density at radius 1 is 1.33 bits per heavy atom. The topological polar surface area (TPSA) is 110 Å². The Bertz CT molecular complexity index is 392. The fourth-order valence-corrected chi connectivity index (χ4v) is 2.14. The molecule has 0 atom stereocenters. The molecule has 18 heavy (non-hydrogen) atoms. The van der Waals surface area contributed by atoms with Gasteiger partial charge in [0.15, 0.2) is 0 Å². The van der Waals surface area contributed by atoms with Gasteiger partial charge in [0.1, 0.15) is 5.82 Å². The summed E-state index contributed by atoms with van der Waals surface area (Å²) in [6.07, 6.45) is 3.64. The van der Waals surface area contributed by atoms with Crippen molar-refractivity contribution in [1.29, 1.82) is 0 Å². The lowest BCUT2D eigenvalue weighted by Crippen LogP contribution is -2.35. The number of aliphatic hydroxyl groups is 1. The van der Waals surface area contributed by atoms with E-state index in [1.165, 1.54) is 0 Å². The van der Waals surface area contributed by atoms with Crippen molar-refractivity contribution in [2.75, 3.05) is 24.2 Å². The largest absolute Gasteiger partial charge is 0.396 e. The fourth-order valence-electron chi connectivity index (χ4n) is 2.14. The van der Waals surface area contributed by atoms with Gasteiger partial charge in [-0.25, -0.2) is 4.98 Å². The van der Waals surface area contributed by atoms with Crippen molar-refractivity contribution in [3.05, 3.63) is 11.8 Å². The number of hydrogen-bond donors (Lipinski definition) is 4. The highest BCUT2D eigenvalue weighted by molar-refractivity contribution is 5.41. The first-order valence-electron chi connectivity index (χ1n) is 6.44. The first-order valence-corrected chi connectivity index (χ1v) is 6.44. The molecule has 0 aliphatic heterocycles. The van der Waals surface area contributed by atoms with E-state index in [1.54, 1.807) is 0 Å². The van der Waals surface area contributed by atoms with E-state index in [9.17, 15) is 0 Å². The minimum Gasteiger partial charge on any atom is -0.396 e. The van der Waals surface area contributed by atoms with E-state index in [1.807, 2.05) is 6.07 Å². The van der Waals surface area contributed by atoms with E-state index in [-0.39, 0.29) is 6.61 Å². The highest BCUT2D eigenvalue weighted by atomic mass is 16.2. The zero-order valence-corrected chi connectivity index (χ0v) is 10.5. The summed E-state index contributed by atoms with van der Waals surface area (Å²) in [4.78, 5) is 8.42. The van der Waals surface area contributed by atoms with Crippen LogP contribution in [0.1, 0.15) is 37.3 Å². The molecule has 1 aromatic heterocycles. The molecular weight excluding hydrogens is 230 g/mol. The first-order chi connectivity index (χ1) is 8.69. The van der Waals surface area contributed by atoms with Gasteiger partial charge in [0.25, 0.3) is 0 Å². The number of anilines is 2. The number of nitrogens with one attached hydrogen (secondary N) is 1. The van der Waals surface area contributed by atoms with Gasteiger partial charge in [-0.3, -0.25) is 0 Å². The maximum Gasteiger partial charge on any atom is 0.222 e. The van der Waals surface area contributed by atoms with Gasteiger partial charge in [-0.05, 0) is 25.7 Å². The normalized spacial score (nSPS) is 22.6. The van der Waals surface area contributed by atoms with Gasteiger partial charge in [0, 0.05) is 31.2 Å². The average Bonchev–Trinajstić information content (AvgIpc) is 2.30. The second-order valence-electron chi connectivity index (χ2n) is 4.82. The van der Waals surface area contributed by atoms with Crippen LogP contribution in [0.15, 0.2) is 6.07 Å². The third kappa shape index (κ3) is 3.30. The van der Waals surface area contributed by atoms with Crippen LogP contribution in [0, 0.1) is 0 Å². The average molecular weight is 251 g/mol. The number of rotatable bonds is 6. The van der Waals surface area contributed by atoms with Gasteiger partial charge in [-0.2, -0.15) is 4.98 Å². The Hall–Kier alpha value is -1.40. The number of aromatic nitrogens is 2. The van der Waals surface area contributed by atoms with E-state index >= 15 is 0 Å². The van der Waals surface area contributed by atoms with Crippen LogP contribution in [0.4, 0.5) is 11.8 Å². The van der Waals surface area contributed by atoms with Crippen molar-refractivity contribution in [2.45, 2.75) is 37.6 Å². The Morgan fingerprint density at radius 2 is 2.11 bits per heavy atom. The lowest BCUT2D eigenvalue weighted by atomic mass is 9.78. The SMILES string of the molecule is Nc1nc(NCCCCO)cc(C2CC(N)C2)n1. The molecule has 0 saturated heterocycles. The molecule has 1 fully saturated rings. The summed E-state index contributed by atoms with van der Waals surface area (Å²) in [6, 6.07) is 2.25. The van der Waals surface area contributed by atoms with Gasteiger partial charge in [-0.1, -0.05) is 0 Å². The summed E-state index contributed by atoms with van der Waals surface area (Å²) >= 11 is 0. The van der Waals surface area contributed by atoms with Crippen LogP contribution in [-0.2, 0) is 0 Å². The highest BCUT2D eigenvalue weighted by Crippen LogP contribution is 2.35. The molecule has 2 rings (SSSR count). The molecular formula is C12H21N5O. The molecule has 100 valence electrons. The van der Waals surface area contributed by atoms with E-state index in [0.29, 0.717) is 17.9 Å². The summed E-state index contributed by atoms with van der Waals surface area (Å²) in [6.45, 7) is 0.999. The molecule has 0 spiro atoms. The minimum atomic E-state index is 0.221. The number of nitrogens with two attached hydrogens (primary N) is 2. The second kappa shape index (κ2) is 5.97. The van der Waals surface area contributed by atoms with Crippen molar-refractivity contribution in [3.63, 3.8) is 0 Å². The van der Waals surface area contributed by atoms with Crippen LogP contribution >= 0.6 is 0 Å². The molecule has 0 unspecified atom stereocenters. The van der Waals surface area contributed by atoms with Gasteiger partial charge >= 0.3 is 0 Å². The molecule has 1 saturated carbocycles. The van der Waals surface area contributed by atoms with Crippen LogP contribution in [0.25, 0.3) is 0 Å². The molecule has 6 heteroatoms. The number of unbranched alkanes of at least 4 members (excludes halogenated alkanes) is 1. The fraction of sp³-hybridized carbons (Fsp3) is 0.667. The standard InChI is InChI=1S/C12H21N5O/c13-9-5-8(6-9)10-7-11(17-12(14)16-10)15-3-1-2-4-18/h7-9,18H,1-6,13H2,(H3,14,15,16,17). The highest BCUT2D eigenvalue weighted by Gasteiger charge is 2.28. The third-order valence-corrected chi connectivity index (χ3v) is 3.25. The molecule has 0 amide bonds. The van der Waals surface area contributed by atoms with E-state index in [4.69, 9.17) is 16.6 Å². The van der Waals surface area contributed by atoms with Crippen molar-refractivity contribution in [2.24, 2.45) is 5.73 Å². The van der Waals surface area contributed by atoms with E-state index in [2.05, 4.69) is 15.3 Å².